The minimum atomic E-state index is -1.09. The van der Waals surface area contributed by atoms with Gasteiger partial charge in [-0.1, -0.05) is 0 Å². The molecule has 0 bridgehead atoms. The fourth-order valence-electron chi connectivity index (χ4n) is 1.29. The van der Waals surface area contributed by atoms with E-state index in [2.05, 4.69) is 0 Å². The van der Waals surface area contributed by atoms with E-state index in [9.17, 15) is 0 Å². The first kappa shape index (κ1) is 11.3. The van der Waals surface area contributed by atoms with Crippen LogP contribution in [0.5, 0.6) is 11.5 Å². The molecule has 88 valence electrons. The van der Waals surface area contributed by atoms with Gasteiger partial charge in [-0.15, -0.1) is 0 Å². The van der Waals surface area contributed by atoms with Gasteiger partial charge in [-0.05, 0) is 48.5 Å². The lowest BCUT2D eigenvalue weighted by molar-refractivity contribution is 0.459. The Balaban J connectivity index is 1.83. The van der Waals surface area contributed by atoms with Gasteiger partial charge in [0.05, 0.1) is 0 Å². The van der Waals surface area contributed by atoms with Crippen molar-refractivity contribution in [3.63, 3.8) is 0 Å². The van der Waals surface area contributed by atoms with Crippen LogP contribution in [0.3, 0.4) is 0 Å². The second-order valence-electron chi connectivity index (χ2n) is 3.54. The highest BCUT2D eigenvalue weighted by atomic mass is 28.3. The number of nitrogens with two attached hydrogens (primary N) is 2. The van der Waals surface area contributed by atoms with Gasteiger partial charge in [0.1, 0.15) is 11.5 Å². The van der Waals surface area contributed by atoms with E-state index in [-0.39, 0.29) is 0 Å². The molecule has 0 amide bonds. The van der Waals surface area contributed by atoms with Crippen LogP contribution in [0.25, 0.3) is 0 Å². The standard InChI is InChI=1S/C12H14N2O2Si/c13-9-1-5-11(6-2-9)15-17-16-12-7-3-10(14)4-8-12/h1-8H,13-14,17H2. The van der Waals surface area contributed by atoms with E-state index in [1.165, 1.54) is 0 Å². The van der Waals surface area contributed by atoms with Crippen molar-refractivity contribution in [2.45, 2.75) is 0 Å². The van der Waals surface area contributed by atoms with Crippen LogP contribution in [0.4, 0.5) is 11.4 Å². The number of rotatable bonds is 4. The maximum atomic E-state index is 5.57. The van der Waals surface area contributed by atoms with Crippen LogP contribution < -0.4 is 20.3 Å². The summed E-state index contributed by atoms with van der Waals surface area (Å²) >= 11 is 0. The summed E-state index contributed by atoms with van der Waals surface area (Å²) in [5.74, 6) is 1.56. The van der Waals surface area contributed by atoms with Crippen LogP contribution >= 0.6 is 0 Å². The fraction of sp³-hybridized carbons (Fsp3) is 0. The molecule has 0 radical (unpaired) electrons. The SMILES string of the molecule is Nc1ccc(O[SiH2]Oc2ccc(N)cc2)cc1. The molecule has 0 fully saturated rings. The zero-order valence-electron chi connectivity index (χ0n) is 9.30. The van der Waals surface area contributed by atoms with E-state index in [1.54, 1.807) is 24.3 Å². The quantitative estimate of drug-likeness (QED) is 0.630. The Hall–Kier alpha value is -2.14. The van der Waals surface area contributed by atoms with Crippen LogP contribution in [-0.2, 0) is 0 Å². The maximum absolute atomic E-state index is 5.57. The van der Waals surface area contributed by atoms with Gasteiger partial charge < -0.3 is 20.3 Å². The van der Waals surface area contributed by atoms with E-state index >= 15 is 0 Å². The molecule has 5 heteroatoms. The summed E-state index contributed by atoms with van der Waals surface area (Å²) in [7, 11) is -1.09. The van der Waals surface area contributed by atoms with Crippen LogP contribution in [-0.4, -0.2) is 10.0 Å². The lowest BCUT2D eigenvalue weighted by atomic mass is 10.3. The maximum Gasteiger partial charge on any atom is 0.427 e. The van der Waals surface area contributed by atoms with Crippen LogP contribution in [0.15, 0.2) is 48.5 Å². The zero-order valence-corrected chi connectivity index (χ0v) is 10.7. The first-order valence-corrected chi connectivity index (χ1v) is 6.36. The first-order chi connectivity index (χ1) is 8.24. The molecule has 0 saturated heterocycles. The molecule has 0 saturated carbocycles. The van der Waals surface area contributed by atoms with E-state index < -0.39 is 10.0 Å². The van der Waals surface area contributed by atoms with E-state index in [4.69, 9.17) is 20.3 Å². The Kier molecular flexibility index (Phi) is 3.51. The molecule has 0 heterocycles. The first-order valence-electron chi connectivity index (χ1n) is 5.21. The van der Waals surface area contributed by atoms with Crippen molar-refractivity contribution >= 4 is 21.4 Å². The van der Waals surface area contributed by atoms with Gasteiger partial charge in [0.15, 0.2) is 0 Å². The third-order valence-corrected chi connectivity index (χ3v) is 3.11. The molecule has 2 aromatic rings. The Labute approximate surface area is 102 Å². The summed E-state index contributed by atoms with van der Waals surface area (Å²) in [6.07, 6.45) is 0. The van der Waals surface area contributed by atoms with Gasteiger partial charge in [0, 0.05) is 11.4 Å². The Morgan fingerprint density at radius 3 is 1.35 bits per heavy atom. The largest absolute Gasteiger partial charge is 0.516 e. The normalized spacial score (nSPS) is 9.88. The lowest BCUT2D eigenvalue weighted by Crippen LogP contribution is -2.10. The summed E-state index contributed by atoms with van der Waals surface area (Å²) in [5.41, 5.74) is 12.6. The number of hydrogen-bond acceptors (Lipinski definition) is 4. The van der Waals surface area contributed by atoms with Crippen molar-refractivity contribution in [1.82, 2.24) is 0 Å². The predicted molar refractivity (Wildman–Crippen MR) is 71.5 cm³/mol. The van der Waals surface area contributed by atoms with Gasteiger partial charge >= 0.3 is 10.0 Å². The van der Waals surface area contributed by atoms with Crippen LogP contribution in [0.2, 0.25) is 0 Å². The second kappa shape index (κ2) is 5.27. The molecule has 0 unspecified atom stereocenters. The highest BCUT2D eigenvalue weighted by molar-refractivity contribution is 6.20. The topological polar surface area (TPSA) is 70.5 Å². The van der Waals surface area contributed by atoms with Crippen molar-refractivity contribution < 1.29 is 8.85 Å². The van der Waals surface area contributed by atoms with E-state index in [1.807, 2.05) is 24.3 Å². The second-order valence-corrected chi connectivity index (χ2v) is 4.36. The zero-order chi connectivity index (χ0) is 12.1. The highest BCUT2D eigenvalue weighted by Crippen LogP contribution is 2.15. The minimum Gasteiger partial charge on any atom is -0.516 e. The molecule has 2 rings (SSSR count). The third-order valence-electron chi connectivity index (χ3n) is 2.21. The fourth-order valence-corrected chi connectivity index (χ4v) is 2.01. The summed E-state index contributed by atoms with van der Waals surface area (Å²) in [5, 5.41) is 0. The van der Waals surface area contributed by atoms with E-state index in [0.717, 1.165) is 22.9 Å². The number of hydrogen-bond donors (Lipinski definition) is 2. The summed E-state index contributed by atoms with van der Waals surface area (Å²) in [4.78, 5) is 0. The van der Waals surface area contributed by atoms with Crippen LogP contribution in [0, 0.1) is 0 Å². The molecule has 0 atom stereocenters. The molecular formula is C12H14N2O2Si. The molecule has 0 aliphatic heterocycles. The Morgan fingerprint density at radius 1 is 0.647 bits per heavy atom. The summed E-state index contributed by atoms with van der Waals surface area (Å²) in [6, 6.07) is 14.5. The Morgan fingerprint density at radius 2 is 1.00 bits per heavy atom. The molecule has 17 heavy (non-hydrogen) atoms. The highest BCUT2D eigenvalue weighted by Gasteiger charge is 1.96. The monoisotopic (exact) mass is 246 g/mol. The average molecular weight is 246 g/mol. The molecule has 4 N–H and O–H groups in total. The van der Waals surface area contributed by atoms with Gasteiger partial charge in [0.2, 0.25) is 0 Å². The molecular weight excluding hydrogens is 232 g/mol. The molecule has 0 aliphatic carbocycles. The van der Waals surface area contributed by atoms with Gasteiger partial charge in [0.25, 0.3) is 0 Å². The Bertz CT molecular complexity index is 425. The molecule has 4 nitrogen and oxygen atoms in total. The van der Waals surface area contributed by atoms with Gasteiger partial charge in [-0.2, -0.15) is 0 Å². The van der Waals surface area contributed by atoms with Crippen molar-refractivity contribution in [3.05, 3.63) is 48.5 Å². The van der Waals surface area contributed by atoms with E-state index in [0.29, 0.717) is 0 Å². The summed E-state index contributed by atoms with van der Waals surface area (Å²) in [6.45, 7) is 0. The van der Waals surface area contributed by atoms with Crippen molar-refractivity contribution in [1.29, 1.82) is 0 Å². The predicted octanol–water partition coefficient (Wildman–Crippen LogP) is 1.31. The lowest BCUT2D eigenvalue weighted by Gasteiger charge is -2.08. The molecule has 0 aromatic heterocycles. The number of benzene rings is 2. The van der Waals surface area contributed by atoms with Crippen molar-refractivity contribution in [3.8, 4) is 11.5 Å². The number of anilines is 2. The third kappa shape index (κ3) is 3.42. The van der Waals surface area contributed by atoms with Gasteiger partial charge in [-0.3, -0.25) is 0 Å². The van der Waals surface area contributed by atoms with Gasteiger partial charge in [-0.25, -0.2) is 0 Å². The minimum absolute atomic E-state index is 0.721. The summed E-state index contributed by atoms with van der Waals surface area (Å²) < 4.78 is 11.1. The molecule has 0 aliphatic rings. The molecule has 0 spiro atoms. The smallest absolute Gasteiger partial charge is 0.427 e. The van der Waals surface area contributed by atoms with Crippen molar-refractivity contribution in [2.24, 2.45) is 0 Å². The van der Waals surface area contributed by atoms with Crippen LogP contribution in [0.1, 0.15) is 0 Å². The number of nitrogen functional groups attached to an aromatic ring is 2. The average Bonchev–Trinajstić information content (AvgIpc) is 2.34. The molecule has 2 aromatic carbocycles. The van der Waals surface area contributed by atoms with Crippen molar-refractivity contribution in [2.75, 3.05) is 11.5 Å².